The normalized spacial score (nSPS) is 25.1. The number of hydrogen-bond acceptors (Lipinski definition) is 2. The van der Waals surface area contributed by atoms with Crippen molar-refractivity contribution in [3.8, 4) is 0 Å². The van der Waals surface area contributed by atoms with Crippen molar-refractivity contribution < 1.29 is 13.0 Å². The smallest absolute Gasteiger partial charge is 0.267 e. The quantitative estimate of drug-likeness (QED) is 0.824. The van der Waals surface area contributed by atoms with Crippen molar-refractivity contribution in [1.29, 1.82) is 0 Å². The maximum atomic E-state index is 10.8. The molecule has 1 aromatic rings. The van der Waals surface area contributed by atoms with Crippen LogP contribution in [0.1, 0.15) is 24.0 Å². The molecule has 1 N–H and O–H groups in total. The van der Waals surface area contributed by atoms with Crippen LogP contribution in [0.5, 0.6) is 0 Å². The van der Waals surface area contributed by atoms with E-state index in [9.17, 15) is 8.42 Å². The summed E-state index contributed by atoms with van der Waals surface area (Å²) in [5.41, 5.74) is 2.53. The number of rotatable bonds is 3. The first-order valence-electron chi connectivity index (χ1n) is 5.47. The summed E-state index contributed by atoms with van der Waals surface area (Å²) in [5, 5.41) is -0.526. The van der Waals surface area contributed by atoms with E-state index in [1.54, 1.807) is 0 Å². The molecule has 1 aromatic carbocycles. The van der Waals surface area contributed by atoms with Gasteiger partial charge >= 0.3 is 0 Å². The van der Waals surface area contributed by atoms with Crippen molar-refractivity contribution in [3.63, 3.8) is 0 Å². The van der Waals surface area contributed by atoms with E-state index in [2.05, 4.69) is 19.1 Å². The highest BCUT2D eigenvalue weighted by Crippen LogP contribution is 2.35. The molecule has 0 atom stereocenters. The standard InChI is InChI=1S/C12H16O3S/c1-9-4-2-3-5-11(9)6-10-7-12(8-10)16(13,14)15/h2-5,10,12H,6-8H2,1H3,(H,13,14,15). The number of hydrogen-bond donors (Lipinski definition) is 1. The molecule has 1 fully saturated rings. The van der Waals surface area contributed by atoms with Crippen LogP contribution in [0.2, 0.25) is 0 Å². The van der Waals surface area contributed by atoms with Crippen LogP contribution in [0.15, 0.2) is 24.3 Å². The third-order valence-electron chi connectivity index (χ3n) is 3.38. The molecule has 0 heterocycles. The van der Waals surface area contributed by atoms with Gasteiger partial charge in [0.1, 0.15) is 0 Å². The van der Waals surface area contributed by atoms with Gasteiger partial charge in [-0.3, -0.25) is 4.55 Å². The zero-order valence-corrected chi connectivity index (χ0v) is 10.1. The van der Waals surface area contributed by atoms with Gasteiger partial charge in [-0.1, -0.05) is 24.3 Å². The Labute approximate surface area is 96.2 Å². The van der Waals surface area contributed by atoms with Gasteiger partial charge in [-0.2, -0.15) is 8.42 Å². The van der Waals surface area contributed by atoms with Crippen molar-refractivity contribution >= 4 is 10.1 Å². The van der Waals surface area contributed by atoms with Crippen LogP contribution in [0.3, 0.4) is 0 Å². The Morgan fingerprint density at radius 1 is 1.31 bits per heavy atom. The molecule has 0 radical (unpaired) electrons. The average Bonchev–Trinajstić information content (AvgIpc) is 2.11. The highest BCUT2D eigenvalue weighted by molar-refractivity contribution is 7.86. The molecule has 2 rings (SSSR count). The van der Waals surface area contributed by atoms with Gasteiger partial charge in [0.25, 0.3) is 10.1 Å². The molecule has 0 saturated heterocycles. The largest absolute Gasteiger partial charge is 0.285 e. The van der Waals surface area contributed by atoms with E-state index in [0.29, 0.717) is 18.8 Å². The lowest BCUT2D eigenvalue weighted by molar-refractivity contribution is 0.298. The Balaban J connectivity index is 1.94. The van der Waals surface area contributed by atoms with Gasteiger partial charge in [-0.05, 0) is 43.2 Å². The summed E-state index contributed by atoms with van der Waals surface area (Å²) in [6, 6.07) is 8.15. The molecule has 88 valence electrons. The molecule has 0 aliphatic heterocycles. The van der Waals surface area contributed by atoms with Gasteiger partial charge in [0, 0.05) is 0 Å². The van der Waals surface area contributed by atoms with Gasteiger partial charge in [0.2, 0.25) is 0 Å². The Hall–Kier alpha value is -0.870. The van der Waals surface area contributed by atoms with Crippen LogP contribution in [0, 0.1) is 12.8 Å². The van der Waals surface area contributed by atoms with Crippen molar-refractivity contribution in [2.75, 3.05) is 0 Å². The number of aryl methyl sites for hydroxylation is 1. The Morgan fingerprint density at radius 3 is 2.50 bits per heavy atom. The molecular formula is C12H16O3S. The third-order valence-corrected chi connectivity index (χ3v) is 4.61. The second-order valence-electron chi connectivity index (χ2n) is 4.61. The zero-order chi connectivity index (χ0) is 11.8. The summed E-state index contributed by atoms with van der Waals surface area (Å²) < 4.78 is 30.5. The predicted octanol–water partition coefficient (Wildman–Crippen LogP) is 2.20. The molecule has 0 aromatic heterocycles. The highest BCUT2D eigenvalue weighted by atomic mass is 32.2. The second-order valence-corrected chi connectivity index (χ2v) is 6.30. The lowest BCUT2D eigenvalue weighted by Crippen LogP contribution is -2.36. The minimum absolute atomic E-state index is 0.396. The topological polar surface area (TPSA) is 54.4 Å². The van der Waals surface area contributed by atoms with Gasteiger partial charge < -0.3 is 0 Å². The number of benzene rings is 1. The first-order chi connectivity index (χ1) is 7.47. The van der Waals surface area contributed by atoms with Crippen molar-refractivity contribution in [2.24, 2.45) is 5.92 Å². The SMILES string of the molecule is Cc1ccccc1CC1CC(S(=O)(=O)O)C1. The first-order valence-corrected chi connectivity index (χ1v) is 6.98. The van der Waals surface area contributed by atoms with Gasteiger partial charge in [-0.25, -0.2) is 0 Å². The molecule has 16 heavy (non-hydrogen) atoms. The molecule has 0 amide bonds. The van der Waals surface area contributed by atoms with Gasteiger partial charge in [0.15, 0.2) is 0 Å². The van der Waals surface area contributed by atoms with Crippen LogP contribution in [-0.2, 0) is 16.5 Å². The lowest BCUT2D eigenvalue weighted by atomic mass is 9.79. The zero-order valence-electron chi connectivity index (χ0n) is 9.26. The first kappa shape index (κ1) is 11.6. The molecule has 1 aliphatic carbocycles. The molecule has 1 aliphatic rings. The van der Waals surface area contributed by atoms with E-state index in [1.165, 1.54) is 11.1 Å². The summed E-state index contributed by atoms with van der Waals surface area (Å²) in [6.07, 6.45) is 2.10. The summed E-state index contributed by atoms with van der Waals surface area (Å²) in [5.74, 6) is 0.396. The minimum Gasteiger partial charge on any atom is -0.285 e. The van der Waals surface area contributed by atoms with E-state index in [1.807, 2.05) is 12.1 Å². The highest BCUT2D eigenvalue weighted by Gasteiger charge is 2.37. The van der Waals surface area contributed by atoms with Crippen LogP contribution in [0.25, 0.3) is 0 Å². The van der Waals surface area contributed by atoms with Crippen molar-refractivity contribution in [3.05, 3.63) is 35.4 Å². The third kappa shape index (κ3) is 2.44. The maximum absolute atomic E-state index is 10.8. The molecule has 4 heteroatoms. The molecular weight excluding hydrogens is 224 g/mol. The second kappa shape index (κ2) is 4.18. The van der Waals surface area contributed by atoms with Crippen LogP contribution >= 0.6 is 0 Å². The van der Waals surface area contributed by atoms with E-state index in [0.717, 1.165) is 6.42 Å². The van der Waals surface area contributed by atoms with Gasteiger partial charge in [-0.15, -0.1) is 0 Å². The summed E-state index contributed by atoms with van der Waals surface area (Å²) in [6.45, 7) is 2.06. The summed E-state index contributed by atoms with van der Waals surface area (Å²) in [7, 11) is -3.80. The average molecular weight is 240 g/mol. The minimum atomic E-state index is -3.80. The Kier molecular flexibility index (Phi) is 3.04. The van der Waals surface area contributed by atoms with Crippen molar-refractivity contribution in [2.45, 2.75) is 31.4 Å². The van der Waals surface area contributed by atoms with E-state index < -0.39 is 15.4 Å². The lowest BCUT2D eigenvalue weighted by Gasteiger charge is -2.33. The van der Waals surface area contributed by atoms with E-state index in [4.69, 9.17) is 4.55 Å². The van der Waals surface area contributed by atoms with Crippen LogP contribution < -0.4 is 0 Å². The predicted molar refractivity (Wildman–Crippen MR) is 62.9 cm³/mol. The van der Waals surface area contributed by atoms with Crippen LogP contribution in [-0.4, -0.2) is 18.2 Å². The van der Waals surface area contributed by atoms with Gasteiger partial charge in [0.05, 0.1) is 5.25 Å². The molecule has 0 unspecified atom stereocenters. The van der Waals surface area contributed by atoms with E-state index in [-0.39, 0.29) is 0 Å². The molecule has 3 nitrogen and oxygen atoms in total. The molecule has 0 spiro atoms. The maximum Gasteiger partial charge on any atom is 0.267 e. The fourth-order valence-corrected chi connectivity index (χ4v) is 3.27. The van der Waals surface area contributed by atoms with Crippen molar-refractivity contribution in [1.82, 2.24) is 0 Å². The summed E-state index contributed by atoms with van der Waals surface area (Å²) in [4.78, 5) is 0. The van der Waals surface area contributed by atoms with E-state index >= 15 is 0 Å². The monoisotopic (exact) mass is 240 g/mol. The fraction of sp³-hybridized carbons (Fsp3) is 0.500. The summed E-state index contributed by atoms with van der Waals surface area (Å²) >= 11 is 0. The Morgan fingerprint density at radius 2 is 1.94 bits per heavy atom. The Bertz CT molecular complexity index is 473. The molecule has 1 saturated carbocycles. The molecule has 0 bridgehead atoms. The fourth-order valence-electron chi connectivity index (χ4n) is 2.23. The van der Waals surface area contributed by atoms with Crippen LogP contribution in [0.4, 0.5) is 0 Å².